The minimum atomic E-state index is -0.264. The van der Waals surface area contributed by atoms with Crippen LogP contribution in [0.25, 0.3) is 21.5 Å². The molecule has 5 rings (SSSR count). The third-order valence-electron chi connectivity index (χ3n) is 5.68. The SMILES string of the molecule is CN(C(=O)c1nn(Cc2ccccc2)c(=O)c2ccccc12)c1cccc2ccccc12. The molecule has 156 valence electrons. The van der Waals surface area contributed by atoms with Crippen LogP contribution in [0.5, 0.6) is 0 Å². The number of hydrogen-bond acceptors (Lipinski definition) is 3. The molecule has 32 heavy (non-hydrogen) atoms. The lowest BCUT2D eigenvalue weighted by molar-refractivity contribution is 0.0988. The molecular formula is C27H21N3O2. The van der Waals surface area contributed by atoms with Gasteiger partial charge in [-0.1, -0.05) is 84.9 Å². The average molecular weight is 419 g/mol. The number of rotatable bonds is 4. The van der Waals surface area contributed by atoms with Gasteiger partial charge in [-0.2, -0.15) is 5.10 Å². The van der Waals surface area contributed by atoms with Gasteiger partial charge in [-0.3, -0.25) is 9.59 Å². The molecule has 0 bridgehead atoms. The summed E-state index contributed by atoms with van der Waals surface area (Å²) in [5.41, 5.74) is 1.78. The molecule has 5 aromatic rings. The second-order valence-corrected chi connectivity index (χ2v) is 7.71. The van der Waals surface area contributed by atoms with Gasteiger partial charge in [-0.05, 0) is 23.1 Å². The Kier molecular flexibility index (Phi) is 5.00. The Labute approximate surface area is 185 Å². The summed E-state index contributed by atoms with van der Waals surface area (Å²) < 4.78 is 1.38. The molecule has 0 spiro atoms. The van der Waals surface area contributed by atoms with Gasteiger partial charge in [-0.15, -0.1) is 0 Å². The van der Waals surface area contributed by atoms with Gasteiger partial charge in [0, 0.05) is 17.8 Å². The molecule has 0 unspecified atom stereocenters. The lowest BCUT2D eigenvalue weighted by Crippen LogP contribution is -2.32. The summed E-state index contributed by atoms with van der Waals surface area (Å²) in [6, 6.07) is 30.6. The number of fused-ring (bicyclic) bond motifs is 2. The molecule has 0 atom stereocenters. The fraction of sp³-hybridized carbons (Fsp3) is 0.0741. The Hall–Kier alpha value is -4.25. The monoisotopic (exact) mass is 419 g/mol. The van der Waals surface area contributed by atoms with Crippen molar-refractivity contribution in [3.05, 3.63) is 119 Å². The van der Waals surface area contributed by atoms with Crippen molar-refractivity contribution >= 4 is 33.1 Å². The first-order valence-corrected chi connectivity index (χ1v) is 10.4. The van der Waals surface area contributed by atoms with Gasteiger partial charge in [0.05, 0.1) is 17.6 Å². The molecule has 0 saturated carbocycles. The second-order valence-electron chi connectivity index (χ2n) is 7.71. The van der Waals surface area contributed by atoms with Crippen molar-refractivity contribution in [3.63, 3.8) is 0 Å². The highest BCUT2D eigenvalue weighted by atomic mass is 16.2. The smallest absolute Gasteiger partial charge is 0.279 e. The van der Waals surface area contributed by atoms with Crippen molar-refractivity contribution in [1.29, 1.82) is 0 Å². The largest absolute Gasteiger partial charge is 0.309 e. The van der Waals surface area contributed by atoms with Crippen molar-refractivity contribution in [2.75, 3.05) is 11.9 Å². The van der Waals surface area contributed by atoms with Crippen LogP contribution in [0.3, 0.4) is 0 Å². The third kappa shape index (κ3) is 3.44. The minimum Gasteiger partial charge on any atom is -0.309 e. The van der Waals surface area contributed by atoms with Crippen molar-refractivity contribution in [3.8, 4) is 0 Å². The highest BCUT2D eigenvalue weighted by Crippen LogP contribution is 2.27. The van der Waals surface area contributed by atoms with E-state index in [-0.39, 0.29) is 17.2 Å². The molecule has 0 aliphatic carbocycles. The maximum absolute atomic E-state index is 13.7. The zero-order chi connectivity index (χ0) is 22.1. The Morgan fingerprint density at radius 2 is 1.41 bits per heavy atom. The van der Waals surface area contributed by atoms with E-state index >= 15 is 0 Å². The molecular weight excluding hydrogens is 398 g/mol. The molecule has 1 amide bonds. The number of aromatic nitrogens is 2. The first-order valence-electron chi connectivity index (χ1n) is 10.4. The quantitative estimate of drug-likeness (QED) is 0.417. The fourth-order valence-electron chi connectivity index (χ4n) is 4.03. The predicted molar refractivity (Wildman–Crippen MR) is 128 cm³/mol. The van der Waals surface area contributed by atoms with Gasteiger partial charge < -0.3 is 4.90 Å². The summed E-state index contributed by atoms with van der Waals surface area (Å²) in [5, 5.41) is 7.60. The summed E-state index contributed by atoms with van der Waals surface area (Å²) in [6.45, 7) is 0.294. The van der Waals surface area contributed by atoms with E-state index in [0.29, 0.717) is 17.3 Å². The minimum absolute atomic E-state index is 0.214. The van der Waals surface area contributed by atoms with Crippen molar-refractivity contribution in [1.82, 2.24) is 9.78 Å². The number of amides is 1. The number of benzene rings is 4. The Morgan fingerprint density at radius 3 is 2.19 bits per heavy atom. The van der Waals surface area contributed by atoms with Crippen LogP contribution in [0.2, 0.25) is 0 Å². The number of anilines is 1. The van der Waals surface area contributed by atoms with Crippen molar-refractivity contribution < 1.29 is 4.79 Å². The van der Waals surface area contributed by atoms with Crippen molar-refractivity contribution in [2.45, 2.75) is 6.54 Å². The second kappa shape index (κ2) is 8.12. The lowest BCUT2D eigenvalue weighted by Gasteiger charge is -2.20. The maximum atomic E-state index is 13.7. The van der Waals surface area contributed by atoms with E-state index in [1.807, 2.05) is 78.9 Å². The van der Waals surface area contributed by atoms with E-state index in [2.05, 4.69) is 5.10 Å². The topological polar surface area (TPSA) is 55.2 Å². The summed E-state index contributed by atoms with van der Waals surface area (Å²) >= 11 is 0. The Morgan fingerprint density at radius 1 is 0.781 bits per heavy atom. The first kappa shape index (κ1) is 19.7. The summed E-state index contributed by atoms with van der Waals surface area (Å²) in [4.78, 5) is 28.4. The van der Waals surface area contributed by atoms with Crippen LogP contribution in [0.15, 0.2) is 102 Å². The molecule has 0 fully saturated rings. The third-order valence-corrected chi connectivity index (χ3v) is 5.68. The molecule has 1 aromatic heterocycles. The fourth-order valence-corrected chi connectivity index (χ4v) is 4.03. The van der Waals surface area contributed by atoms with Gasteiger partial charge in [0.25, 0.3) is 11.5 Å². The molecule has 0 radical (unpaired) electrons. The molecule has 0 N–H and O–H groups in total. The highest BCUT2D eigenvalue weighted by Gasteiger charge is 2.22. The molecule has 0 saturated heterocycles. The Balaban J connectivity index is 1.65. The van der Waals surface area contributed by atoms with Crippen LogP contribution in [0.4, 0.5) is 5.69 Å². The lowest BCUT2D eigenvalue weighted by atomic mass is 10.1. The van der Waals surface area contributed by atoms with E-state index in [1.54, 1.807) is 30.1 Å². The van der Waals surface area contributed by atoms with E-state index in [1.165, 1.54) is 4.68 Å². The summed E-state index contributed by atoms with van der Waals surface area (Å²) in [7, 11) is 1.74. The summed E-state index contributed by atoms with van der Waals surface area (Å²) in [5.74, 6) is -0.264. The van der Waals surface area contributed by atoms with Crippen LogP contribution in [0, 0.1) is 0 Å². The normalized spacial score (nSPS) is 11.0. The van der Waals surface area contributed by atoms with Gasteiger partial charge >= 0.3 is 0 Å². The summed E-state index contributed by atoms with van der Waals surface area (Å²) in [6.07, 6.45) is 0. The number of nitrogens with zero attached hydrogens (tertiary/aromatic N) is 3. The van der Waals surface area contributed by atoms with Gasteiger partial charge in [0.15, 0.2) is 5.69 Å². The average Bonchev–Trinajstić information content (AvgIpc) is 2.85. The first-order chi connectivity index (χ1) is 15.6. The zero-order valence-electron chi connectivity index (χ0n) is 17.6. The standard InChI is InChI=1S/C27H21N3O2/c1-29(24-17-9-13-20-12-5-6-14-21(20)24)27(32)25-22-15-7-8-16-23(22)26(31)30(28-25)18-19-10-3-2-4-11-19/h2-17H,18H2,1H3. The number of hydrogen-bond donors (Lipinski definition) is 0. The molecule has 5 heteroatoms. The Bertz CT molecular complexity index is 1500. The predicted octanol–water partition coefficient (Wildman–Crippen LogP) is 4.87. The van der Waals surface area contributed by atoms with Gasteiger partial charge in [0.2, 0.25) is 0 Å². The van der Waals surface area contributed by atoms with E-state index in [0.717, 1.165) is 22.0 Å². The maximum Gasteiger partial charge on any atom is 0.279 e. The molecule has 0 aliphatic rings. The van der Waals surface area contributed by atoms with Gasteiger partial charge in [0.1, 0.15) is 0 Å². The van der Waals surface area contributed by atoms with Crippen LogP contribution in [-0.2, 0) is 6.54 Å². The molecule has 0 aliphatic heterocycles. The van der Waals surface area contributed by atoms with E-state index in [9.17, 15) is 9.59 Å². The van der Waals surface area contributed by atoms with Gasteiger partial charge in [-0.25, -0.2) is 4.68 Å². The number of carbonyl (C=O) groups is 1. The molecule has 5 nitrogen and oxygen atoms in total. The van der Waals surface area contributed by atoms with Crippen LogP contribution in [0.1, 0.15) is 16.1 Å². The van der Waals surface area contributed by atoms with Crippen LogP contribution < -0.4 is 10.5 Å². The van der Waals surface area contributed by atoms with E-state index in [4.69, 9.17) is 0 Å². The highest BCUT2D eigenvalue weighted by molar-refractivity contribution is 6.14. The zero-order valence-corrected chi connectivity index (χ0v) is 17.6. The number of carbonyl (C=O) groups excluding carboxylic acids is 1. The molecule has 4 aromatic carbocycles. The van der Waals surface area contributed by atoms with E-state index < -0.39 is 0 Å². The molecule has 1 heterocycles. The van der Waals surface area contributed by atoms with Crippen LogP contribution in [-0.4, -0.2) is 22.7 Å². The van der Waals surface area contributed by atoms with Crippen molar-refractivity contribution in [2.24, 2.45) is 0 Å². The van der Waals surface area contributed by atoms with Crippen LogP contribution >= 0.6 is 0 Å².